The first-order chi connectivity index (χ1) is 5.49. The molecule has 0 aliphatic heterocycles. The summed E-state index contributed by atoms with van der Waals surface area (Å²) < 4.78 is 0. The van der Waals surface area contributed by atoms with Crippen LogP contribution in [-0.2, 0) is 0 Å². The molecule has 1 heteroatoms. The van der Waals surface area contributed by atoms with Gasteiger partial charge < -0.3 is 5.73 Å². The first-order valence-electron chi connectivity index (χ1n) is 5.25. The standard InChI is InChI=1S/C11H23N/c1-9(12)8-10-4-6-11(2,3)7-5-10/h9-10H,4-8,12H2,1-3H3/t9-/m0/s1. The zero-order valence-corrected chi connectivity index (χ0v) is 8.77. The van der Waals surface area contributed by atoms with Crippen molar-refractivity contribution in [2.75, 3.05) is 0 Å². The van der Waals surface area contributed by atoms with Gasteiger partial charge in [0.1, 0.15) is 0 Å². The minimum atomic E-state index is 0.399. The van der Waals surface area contributed by atoms with Crippen molar-refractivity contribution in [3.63, 3.8) is 0 Å². The highest BCUT2D eigenvalue weighted by Crippen LogP contribution is 2.39. The molecule has 2 N–H and O–H groups in total. The maximum Gasteiger partial charge on any atom is 0.00131 e. The summed E-state index contributed by atoms with van der Waals surface area (Å²) in [5.41, 5.74) is 6.40. The van der Waals surface area contributed by atoms with Gasteiger partial charge in [-0.25, -0.2) is 0 Å². The summed E-state index contributed by atoms with van der Waals surface area (Å²) in [5.74, 6) is 0.915. The molecule has 1 rings (SSSR count). The van der Waals surface area contributed by atoms with E-state index in [1.165, 1.54) is 32.1 Å². The largest absolute Gasteiger partial charge is 0.328 e. The van der Waals surface area contributed by atoms with Crippen LogP contribution in [0.25, 0.3) is 0 Å². The molecule has 1 aliphatic carbocycles. The summed E-state index contributed by atoms with van der Waals surface area (Å²) in [5, 5.41) is 0. The van der Waals surface area contributed by atoms with Gasteiger partial charge in [-0.2, -0.15) is 0 Å². The lowest BCUT2D eigenvalue weighted by Crippen LogP contribution is -2.26. The molecule has 12 heavy (non-hydrogen) atoms. The number of rotatable bonds is 2. The molecule has 72 valence electrons. The Hall–Kier alpha value is -0.0400. The van der Waals surface area contributed by atoms with Crippen LogP contribution in [0.1, 0.15) is 52.9 Å². The van der Waals surface area contributed by atoms with E-state index >= 15 is 0 Å². The molecule has 0 radical (unpaired) electrons. The minimum Gasteiger partial charge on any atom is -0.328 e. The Labute approximate surface area is 76.7 Å². The Bertz CT molecular complexity index is 128. The first-order valence-corrected chi connectivity index (χ1v) is 5.25. The van der Waals surface area contributed by atoms with Gasteiger partial charge in [0.15, 0.2) is 0 Å². The smallest absolute Gasteiger partial charge is 0.00131 e. The molecule has 0 unspecified atom stereocenters. The van der Waals surface area contributed by atoms with Crippen LogP contribution < -0.4 is 5.73 Å². The van der Waals surface area contributed by atoms with Crippen LogP contribution in [0.5, 0.6) is 0 Å². The Balaban J connectivity index is 2.27. The number of hydrogen-bond acceptors (Lipinski definition) is 1. The van der Waals surface area contributed by atoms with E-state index in [4.69, 9.17) is 5.73 Å². The Morgan fingerprint density at radius 2 is 1.83 bits per heavy atom. The quantitative estimate of drug-likeness (QED) is 0.675. The van der Waals surface area contributed by atoms with Crippen LogP contribution in [0.2, 0.25) is 0 Å². The molecule has 1 nitrogen and oxygen atoms in total. The predicted octanol–water partition coefficient (Wildman–Crippen LogP) is 2.94. The van der Waals surface area contributed by atoms with Crippen LogP contribution in [0.3, 0.4) is 0 Å². The molecule has 1 fully saturated rings. The molecule has 1 aliphatic rings. The molecule has 1 atom stereocenters. The summed E-state index contributed by atoms with van der Waals surface area (Å²) in [6.07, 6.45) is 6.81. The van der Waals surface area contributed by atoms with Crippen molar-refractivity contribution in [1.82, 2.24) is 0 Å². The van der Waals surface area contributed by atoms with Gasteiger partial charge in [0, 0.05) is 6.04 Å². The predicted molar refractivity (Wildman–Crippen MR) is 54.0 cm³/mol. The van der Waals surface area contributed by atoms with Crippen LogP contribution in [0.15, 0.2) is 0 Å². The van der Waals surface area contributed by atoms with Gasteiger partial charge >= 0.3 is 0 Å². The summed E-state index contributed by atoms with van der Waals surface area (Å²) in [6, 6.07) is 0.399. The molecule has 0 bridgehead atoms. The van der Waals surface area contributed by atoms with Gasteiger partial charge in [0.05, 0.1) is 0 Å². The van der Waals surface area contributed by atoms with E-state index in [0.29, 0.717) is 11.5 Å². The molecule has 0 amide bonds. The highest BCUT2D eigenvalue weighted by atomic mass is 14.6. The highest BCUT2D eigenvalue weighted by Gasteiger charge is 2.26. The normalized spacial score (nSPS) is 27.0. The van der Waals surface area contributed by atoms with Gasteiger partial charge in [-0.3, -0.25) is 0 Å². The fraction of sp³-hybridized carbons (Fsp3) is 1.00. The van der Waals surface area contributed by atoms with E-state index in [2.05, 4.69) is 20.8 Å². The van der Waals surface area contributed by atoms with Gasteiger partial charge in [-0.05, 0) is 50.4 Å². The fourth-order valence-electron chi connectivity index (χ4n) is 2.22. The highest BCUT2D eigenvalue weighted by molar-refractivity contribution is 4.79. The number of hydrogen-bond donors (Lipinski definition) is 1. The minimum absolute atomic E-state index is 0.399. The van der Waals surface area contributed by atoms with Crippen LogP contribution >= 0.6 is 0 Å². The second-order valence-corrected chi connectivity index (χ2v) is 5.32. The molecule has 0 spiro atoms. The molecule has 0 aromatic rings. The lowest BCUT2D eigenvalue weighted by molar-refractivity contribution is 0.181. The SMILES string of the molecule is C[C@H](N)CC1CCC(C)(C)CC1. The molecule has 0 heterocycles. The van der Waals surface area contributed by atoms with Crippen molar-refractivity contribution in [3.8, 4) is 0 Å². The molecular formula is C11H23N. The lowest BCUT2D eigenvalue weighted by Gasteiger charge is -2.34. The van der Waals surface area contributed by atoms with Gasteiger partial charge in [0.2, 0.25) is 0 Å². The van der Waals surface area contributed by atoms with Gasteiger partial charge in [-0.15, -0.1) is 0 Å². The van der Waals surface area contributed by atoms with E-state index in [9.17, 15) is 0 Å². The number of nitrogens with two attached hydrogens (primary N) is 1. The molecule has 0 aromatic heterocycles. The van der Waals surface area contributed by atoms with E-state index < -0.39 is 0 Å². The van der Waals surface area contributed by atoms with Crippen molar-refractivity contribution in [2.24, 2.45) is 17.1 Å². The second-order valence-electron chi connectivity index (χ2n) is 5.32. The molecule has 1 saturated carbocycles. The maximum atomic E-state index is 5.79. The second kappa shape index (κ2) is 3.78. The van der Waals surface area contributed by atoms with Crippen LogP contribution in [-0.4, -0.2) is 6.04 Å². The summed E-state index contributed by atoms with van der Waals surface area (Å²) in [6.45, 7) is 6.89. The zero-order chi connectivity index (χ0) is 9.19. The molecule has 0 saturated heterocycles. The third-order valence-corrected chi connectivity index (χ3v) is 3.16. The van der Waals surface area contributed by atoms with E-state index in [1.807, 2.05) is 0 Å². The first kappa shape index (κ1) is 10.0. The summed E-state index contributed by atoms with van der Waals surface area (Å²) in [7, 11) is 0. The lowest BCUT2D eigenvalue weighted by atomic mass is 9.72. The average molecular weight is 169 g/mol. The molecule has 0 aromatic carbocycles. The third kappa shape index (κ3) is 3.14. The van der Waals surface area contributed by atoms with E-state index in [1.54, 1.807) is 0 Å². The van der Waals surface area contributed by atoms with Gasteiger partial charge in [-0.1, -0.05) is 13.8 Å². The van der Waals surface area contributed by atoms with Crippen molar-refractivity contribution >= 4 is 0 Å². The molecular weight excluding hydrogens is 146 g/mol. The van der Waals surface area contributed by atoms with Crippen molar-refractivity contribution < 1.29 is 0 Å². The fourth-order valence-corrected chi connectivity index (χ4v) is 2.22. The van der Waals surface area contributed by atoms with Crippen molar-refractivity contribution in [3.05, 3.63) is 0 Å². The summed E-state index contributed by atoms with van der Waals surface area (Å²) in [4.78, 5) is 0. The zero-order valence-electron chi connectivity index (χ0n) is 8.77. The monoisotopic (exact) mass is 169 g/mol. The maximum absolute atomic E-state index is 5.79. The Morgan fingerprint density at radius 1 is 1.33 bits per heavy atom. The summed E-state index contributed by atoms with van der Waals surface area (Å²) >= 11 is 0. The third-order valence-electron chi connectivity index (χ3n) is 3.16. The van der Waals surface area contributed by atoms with Crippen molar-refractivity contribution in [1.29, 1.82) is 0 Å². The Kier molecular flexibility index (Phi) is 3.16. The van der Waals surface area contributed by atoms with Crippen LogP contribution in [0.4, 0.5) is 0 Å². The van der Waals surface area contributed by atoms with Crippen LogP contribution in [0, 0.1) is 11.3 Å². The van der Waals surface area contributed by atoms with E-state index in [0.717, 1.165) is 5.92 Å². The average Bonchev–Trinajstić information content (AvgIpc) is 1.93. The van der Waals surface area contributed by atoms with Crippen molar-refractivity contribution in [2.45, 2.75) is 58.9 Å². The van der Waals surface area contributed by atoms with Gasteiger partial charge in [0.25, 0.3) is 0 Å². The Morgan fingerprint density at radius 3 is 2.25 bits per heavy atom. The topological polar surface area (TPSA) is 26.0 Å². The van der Waals surface area contributed by atoms with E-state index in [-0.39, 0.29) is 0 Å².